The van der Waals surface area contributed by atoms with E-state index in [4.69, 9.17) is 5.11 Å². The highest BCUT2D eigenvalue weighted by Gasteiger charge is 1.94. The predicted octanol–water partition coefficient (Wildman–Crippen LogP) is 4.10. The summed E-state index contributed by atoms with van der Waals surface area (Å²) in [5, 5.41) is 9.07. The molecule has 0 aliphatic carbocycles. The third-order valence-corrected chi connectivity index (χ3v) is 2.68. The second-order valence-corrected chi connectivity index (χ2v) is 4.10. The van der Waals surface area contributed by atoms with Crippen LogP contribution in [0.2, 0.25) is 0 Å². The lowest BCUT2D eigenvalue weighted by molar-refractivity contribution is 0.474. The van der Waals surface area contributed by atoms with Gasteiger partial charge < -0.3 is 5.11 Å². The van der Waals surface area contributed by atoms with E-state index in [-0.39, 0.29) is 5.75 Å². The minimum absolute atomic E-state index is 0.238. The molecule has 0 spiro atoms. The van der Waals surface area contributed by atoms with Gasteiger partial charge in [0.2, 0.25) is 0 Å². The molecule has 0 unspecified atom stereocenters. The van der Waals surface area contributed by atoms with Crippen LogP contribution in [0.1, 0.15) is 51.0 Å². The SMILES string of the molecule is CCCCCCCCc1c[c]c(O)cc1. The molecule has 0 atom stereocenters. The van der Waals surface area contributed by atoms with Crippen molar-refractivity contribution in [1.82, 2.24) is 0 Å². The molecule has 1 nitrogen and oxygen atoms in total. The normalized spacial score (nSPS) is 10.5. The fraction of sp³-hybridized carbons (Fsp3) is 0.571. The van der Waals surface area contributed by atoms with E-state index in [2.05, 4.69) is 13.0 Å². The maximum Gasteiger partial charge on any atom is 0.123 e. The van der Waals surface area contributed by atoms with Gasteiger partial charge in [-0.05, 0) is 30.5 Å². The molecule has 1 rings (SSSR count). The summed E-state index contributed by atoms with van der Waals surface area (Å²) in [6.07, 6.45) is 9.10. The highest BCUT2D eigenvalue weighted by molar-refractivity contribution is 5.24. The molecule has 0 heterocycles. The Kier molecular flexibility index (Phi) is 5.91. The molecule has 0 aliphatic heterocycles. The third kappa shape index (κ3) is 5.46. The first-order valence-electron chi connectivity index (χ1n) is 6.02. The molecule has 1 aromatic rings. The minimum atomic E-state index is 0.238. The van der Waals surface area contributed by atoms with Crippen LogP contribution < -0.4 is 0 Å². The zero-order valence-corrected chi connectivity index (χ0v) is 9.63. The fourth-order valence-electron chi connectivity index (χ4n) is 1.71. The Balaban J connectivity index is 2.07. The predicted molar refractivity (Wildman–Crippen MR) is 64.0 cm³/mol. The number of phenols is 1. The summed E-state index contributed by atoms with van der Waals surface area (Å²) in [5.74, 6) is 0.238. The fourth-order valence-corrected chi connectivity index (χ4v) is 1.71. The van der Waals surface area contributed by atoms with E-state index in [1.165, 1.54) is 44.1 Å². The van der Waals surface area contributed by atoms with E-state index in [0.29, 0.717) is 0 Å². The summed E-state index contributed by atoms with van der Waals surface area (Å²) in [6.45, 7) is 2.24. The van der Waals surface area contributed by atoms with Crippen LogP contribution in [0.4, 0.5) is 0 Å². The number of hydrogen-bond acceptors (Lipinski definition) is 1. The van der Waals surface area contributed by atoms with Crippen molar-refractivity contribution in [3.8, 4) is 5.75 Å². The van der Waals surface area contributed by atoms with Gasteiger partial charge in [-0.2, -0.15) is 0 Å². The van der Waals surface area contributed by atoms with Crippen molar-refractivity contribution in [3.05, 3.63) is 29.8 Å². The van der Waals surface area contributed by atoms with E-state index in [0.717, 1.165) is 6.42 Å². The van der Waals surface area contributed by atoms with Gasteiger partial charge in [-0.3, -0.25) is 0 Å². The molecule has 83 valence electrons. The zero-order chi connectivity index (χ0) is 10.9. The topological polar surface area (TPSA) is 20.2 Å². The van der Waals surface area contributed by atoms with Gasteiger partial charge in [-0.1, -0.05) is 45.1 Å². The van der Waals surface area contributed by atoms with Gasteiger partial charge in [0.25, 0.3) is 0 Å². The Morgan fingerprint density at radius 1 is 1.07 bits per heavy atom. The number of aromatic hydroxyl groups is 1. The Morgan fingerprint density at radius 3 is 2.47 bits per heavy atom. The standard InChI is InChI=1S/C14H21O/c1-2-3-4-5-6-7-8-13-9-11-14(15)12-10-13/h9-11,15H,2-8H2,1H3. The average Bonchev–Trinajstić information content (AvgIpc) is 2.26. The van der Waals surface area contributed by atoms with Gasteiger partial charge in [0, 0.05) is 6.07 Å². The number of aryl methyl sites for hydroxylation is 1. The monoisotopic (exact) mass is 205 g/mol. The van der Waals surface area contributed by atoms with E-state index in [9.17, 15) is 0 Å². The lowest BCUT2D eigenvalue weighted by atomic mass is 10.1. The largest absolute Gasteiger partial charge is 0.507 e. The van der Waals surface area contributed by atoms with Crippen LogP contribution in [0, 0.1) is 6.07 Å². The van der Waals surface area contributed by atoms with Gasteiger partial charge >= 0.3 is 0 Å². The molecule has 0 aromatic heterocycles. The molecule has 0 saturated heterocycles. The first-order valence-corrected chi connectivity index (χ1v) is 6.02. The molecule has 1 N–H and O–H groups in total. The maximum absolute atomic E-state index is 9.07. The van der Waals surface area contributed by atoms with Gasteiger partial charge in [-0.15, -0.1) is 0 Å². The van der Waals surface area contributed by atoms with Crippen molar-refractivity contribution in [2.24, 2.45) is 0 Å². The van der Waals surface area contributed by atoms with Gasteiger partial charge in [0.05, 0.1) is 0 Å². The summed E-state index contributed by atoms with van der Waals surface area (Å²) >= 11 is 0. The number of phenolic OH excluding ortho intramolecular Hbond substituents is 1. The maximum atomic E-state index is 9.07. The lowest BCUT2D eigenvalue weighted by Crippen LogP contribution is -1.85. The summed E-state index contributed by atoms with van der Waals surface area (Å²) < 4.78 is 0. The Morgan fingerprint density at radius 2 is 1.80 bits per heavy atom. The summed E-state index contributed by atoms with van der Waals surface area (Å²) in [4.78, 5) is 0. The summed E-state index contributed by atoms with van der Waals surface area (Å²) in [7, 11) is 0. The van der Waals surface area contributed by atoms with Crippen molar-refractivity contribution in [2.45, 2.75) is 51.9 Å². The molecule has 15 heavy (non-hydrogen) atoms. The van der Waals surface area contributed by atoms with Crippen molar-refractivity contribution in [2.75, 3.05) is 0 Å². The second kappa shape index (κ2) is 7.33. The summed E-state index contributed by atoms with van der Waals surface area (Å²) in [5.41, 5.74) is 1.28. The molecule has 1 radical (unpaired) electrons. The van der Waals surface area contributed by atoms with Gasteiger partial charge in [-0.25, -0.2) is 0 Å². The smallest absolute Gasteiger partial charge is 0.123 e. The third-order valence-electron chi connectivity index (χ3n) is 2.68. The quantitative estimate of drug-likeness (QED) is 0.664. The highest BCUT2D eigenvalue weighted by atomic mass is 16.3. The van der Waals surface area contributed by atoms with Crippen LogP contribution in [0.3, 0.4) is 0 Å². The molecular weight excluding hydrogens is 184 g/mol. The number of hydrogen-bond donors (Lipinski definition) is 1. The van der Waals surface area contributed by atoms with Crippen LogP contribution >= 0.6 is 0 Å². The summed E-state index contributed by atoms with van der Waals surface area (Å²) in [6, 6.07) is 8.41. The van der Waals surface area contributed by atoms with E-state index >= 15 is 0 Å². The van der Waals surface area contributed by atoms with Crippen molar-refractivity contribution in [3.63, 3.8) is 0 Å². The Hall–Kier alpha value is -0.980. The molecule has 0 saturated carbocycles. The van der Waals surface area contributed by atoms with Crippen LogP contribution in [-0.2, 0) is 6.42 Å². The number of rotatable bonds is 7. The Labute approximate surface area is 93.1 Å². The molecular formula is C14H21O. The van der Waals surface area contributed by atoms with Crippen LogP contribution in [0.5, 0.6) is 5.75 Å². The zero-order valence-electron chi connectivity index (χ0n) is 9.63. The number of benzene rings is 1. The molecule has 1 heteroatoms. The van der Waals surface area contributed by atoms with Gasteiger partial charge in [0.15, 0.2) is 0 Å². The van der Waals surface area contributed by atoms with E-state index in [1.807, 2.05) is 12.1 Å². The van der Waals surface area contributed by atoms with Crippen molar-refractivity contribution < 1.29 is 5.11 Å². The molecule has 0 amide bonds. The average molecular weight is 205 g/mol. The molecule has 0 bridgehead atoms. The Bertz CT molecular complexity index is 251. The number of unbranched alkanes of at least 4 members (excludes halogenated alkanes) is 5. The van der Waals surface area contributed by atoms with Gasteiger partial charge in [0.1, 0.15) is 5.75 Å². The highest BCUT2D eigenvalue weighted by Crippen LogP contribution is 2.12. The van der Waals surface area contributed by atoms with Crippen LogP contribution in [0.25, 0.3) is 0 Å². The lowest BCUT2D eigenvalue weighted by Gasteiger charge is -2.01. The second-order valence-electron chi connectivity index (χ2n) is 4.10. The molecule has 0 aliphatic rings. The first kappa shape index (κ1) is 12.1. The minimum Gasteiger partial charge on any atom is -0.507 e. The van der Waals surface area contributed by atoms with E-state index < -0.39 is 0 Å². The molecule has 0 fully saturated rings. The first-order chi connectivity index (χ1) is 7.33. The van der Waals surface area contributed by atoms with Crippen LogP contribution in [0.15, 0.2) is 18.2 Å². The van der Waals surface area contributed by atoms with Crippen LogP contribution in [-0.4, -0.2) is 5.11 Å². The molecule has 1 aromatic carbocycles. The van der Waals surface area contributed by atoms with E-state index in [1.54, 1.807) is 6.07 Å². The van der Waals surface area contributed by atoms with Crippen molar-refractivity contribution >= 4 is 0 Å². The van der Waals surface area contributed by atoms with Crippen molar-refractivity contribution in [1.29, 1.82) is 0 Å².